The van der Waals surface area contributed by atoms with Crippen molar-refractivity contribution in [3.05, 3.63) is 11.2 Å². The Labute approximate surface area is 88.3 Å². The number of piperidine rings is 2. The first-order valence-electron chi connectivity index (χ1n) is 4.52. The maximum Gasteiger partial charge on any atom is 2.00 e. The number of hydrogen-bond acceptors (Lipinski definition) is 1. The quantitative estimate of drug-likeness (QED) is 0.668. The largest absolute Gasteiger partial charge is 2.00 e. The Bertz CT molecular complexity index is 140. The van der Waals surface area contributed by atoms with Gasteiger partial charge in [-0.25, -0.2) is 0 Å². The van der Waals surface area contributed by atoms with Crippen molar-refractivity contribution < 1.29 is 21.1 Å². The van der Waals surface area contributed by atoms with Crippen molar-refractivity contribution in [1.82, 2.24) is 5.01 Å². The third-order valence-electron chi connectivity index (χ3n) is 2.76. The molecule has 2 aliphatic heterocycles. The molecule has 2 heterocycles. The maximum atomic E-state index is 7.64. The van der Waals surface area contributed by atoms with Crippen LogP contribution < -0.4 is 0 Å². The van der Waals surface area contributed by atoms with Gasteiger partial charge in [0, 0.05) is 0 Å². The van der Waals surface area contributed by atoms with Crippen LogP contribution in [0, 0.1) is 5.92 Å². The number of nitrogens with one attached hydrogen (secondary N) is 1. The number of fused-ring (bicyclic) bond motifs is 1. The Balaban J connectivity index is 0.000000720. The Hall–Kier alpha value is 0.568. The van der Waals surface area contributed by atoms with Gasteiger partial charge in [-0.2, -0.15) is 0 Å². The van der Waals surface area contributed by atoms with E-state index in [2.05, 4.69) is 5.32 Å². The molecule has 4 heteroatoms. The predicted octanol–water partition coefficient (Wildman–Crippen LogP) is 2.16. The molecule has 0 aromatic carbocycles. The summed E-state index contributed by atoms with van der Waals surface area (Å²) >= 11 is 0. The molecule has 0 radical (unpaired) electrons. The molecule has 12 heavy (non-hydrogen) atoms. The van der Waals surface area contributed by atoms with Gasteiger partial charge in [0.1, 0.15) is 0 Å². The monoisotopic (exact) mass is 337 g/mol. The fourth-order valence-electron chi connectivity index (χ4n) is 2.18. The second-order valence-corrected chi connectivity index (χ2v) is 3.56. The third-order valence-corrected chi connectivity index (χ3v) is 2.76. The van der Waals surface area contributed by atoms with Crippen molar-refractivity contribution in [2.24, 2.45) is 5.92 Å². The summed E-state index contributed by atoms with van der Waals surface area (Å²) in [6.45, 7) is 1.90. The molecule has 3 nitrogen and oxygen atoms in total. The molecule has 0 aliphatic carbocycles. The third kappa shape index (κ3) is 2.08. The number of hydrogen-bond donors (Lipinski definition) is 0. The molecule has 2 atom stereocenters. The topological polar surface area (TPSA) is 41.1 Å². The normalized spacial score (nSPS) is 36.8. The van der Waals surface area contributed by atoms with Gasteiger partial charge < -0.3 is 16.2 Å². The fourth-order valence-corrected chi connectivity index (χ4v) is 2.18. The van der Waals surface area contributed by atoms with Crippen molar-refractivity contribution in [1.29, 1.82) is 0 Å². The zero-order valence-corrected chi connectivity index (χ0v) is 10.1. The number of nitrogens with zero attached hydrogens (tertiary/aromatic N) is 2. The summed E-state index contributed by atoms with van der Waals surface area (Å²) in [6.07, 6.45) is 5.28. The van der Waals surface area contributed by atoms with Gasteiger partial charge in [0.05, 0.1) is 0 Å². The maximum absolute atomic E-state index is 7.64. The molecule has 2 aliphatic rings. The van der Waals surface area contributed by atoms with Crippen LogP contribution in [0.5, 0.6) is 0 Å². The predicted molar refractivity (Wildman–Crippen MR) is 45.0 cm³/mol. The molecule has 2 fully saturated rings. The average Bonchev–Trinajstić information content (AvgIpc) is 2.06. The first-order valence-corrected chi connectivity index (χ1v) is 4.52. The Morgan fingerprint density at radius 1 is 1.25 bits per heavy atom. The van der Waals surface area contributed by atoms with Crippen LogP contribution in [0.1, 0.15) is 25.7 Å². The summed E-state index contributed by atoms with van der Waals surface area (Å²) in [5.74, 6) is 8.34. The molecule has 0 saturated carbocycles. The van der Waals surface area contributed by atoms with Gasteiger partial charge in [0.25, 0.3) is 0 Å². The molecule has 0 spiro atoms. The summed E-state index contributed by atoms with van der Waals surface area (Å²) < 4.78 is 0. The average molecular weight is 337 g/mol. The van der Waals surface area contributed by atoms with E-state index in [0.29, 0.717) is 5.92 Å². The molecule has 0 amide bonds. The molecule has 2 unspecified atom stereocenters. The first kappa shape index (κ1) is 10.6. The van der Waals surface area contributed by atoms with Crippen LogP contribution in [0.4, 0.5) is 0 Å². The van der Waals surface area contributed by atoms with E-state index in [4.69, 9.17) is 5.84 Å². The zero-order valence-electron chi connectivity index (χ0n) is 7.20. The van der Waals surface area contributed by atoms with Gasteiger partial charge >= 0.3 is 21.1 Å². The van der Waals surface area contributed by atoms with Crippen LogP contribution in [-0.2, 0) is 21.1 Å². The second-order valence-electron chi connectivity index (χ2n) is 3.56. The van der Waals surface area contributed by atoms with E-state index in [9.17, 15) is 0 Å². The van der Waals surface area contributed by atoms with E-state index >= 15 is 0 Å². The van der Waals surface area contributed by atoms with Gasteiger partial charge in [-0.05, 0) is 25.3 Å². The summed E-state index contributed by atoms with van der Waals surface area (Å²) in [7, 11) is 0. The van der Waals surface area contributed by atoms with Crippen molar-refractivity contribution in [3.8, 4) is 0 Å². The van der Waals surface area contributed by atoms with Crippen molar-refractivity contribution in [2.75, 3.05) is 13.1 Å². The van der Waals surface area contributed by atoms with Crippen molar-refractivity contribution >= 4 is 0 Å². The Morgan fingerprint density at radius 2 is 2.00 bits per heavy atom. The Kier molecular flexibility index (Phi) is 4.18. The van der Waals surface area contributed by atoms with E-state index < -0.39 is 0 Å². The Morgan fingerprint density at radius 3 is 2.75 bits per heavy atom. The molecular formula is C8H15N3W. The summed E-state index contributed by atoms with van der Waals surface area (Å²) in [4.78, 5) is 0. The molecule has 0 aromatic heterocycles. The minimum Gasteiger partial charge on any atom is -0.648 e. The van der Waals surface area contributed by atoms with Crippen molar-refractivity contribution in [2.45, 2.75) is 31.8 Å². The minimum atomic E-state index is 0. The van der Waals surface area contributed by atoms with Crippen LogP contribution in [-0.4, -0.2) is 24.3 Å². The van der Waals surface area contributed by atoms with Crippen LogP contribution in [0.3, 0.4) is 0 Å². The standard InChI is InChI=1S/C8H15N3.W/c9-11-6-2-4-7-3-1-5-10-8(7)11;/h7-9H,1-6H2;/q-2;+2. The smallest absolute Gasteiger partial charge is 0.648 e. The van der Waals surface area contributed by atoms with Crippen LogP contribution in [0.25, 0.3) is 11.2 Å². The summed E-state index contributed by atoms with van der Waals surface area (Å²) in [6, 6.07) is 0. The SMILES string of the molecule is [NH-]N1CCCC2CCC[N-]C21.[W+2]. The van der Waals surface area contributed by atoms with Gasteiger partial charge in [0.15, 0.2) is 0 Å². The van der Waals surface area contributed by atoms with E-state index in [1.165, 1.54) is 25.7 Å². The van der Waals surface area contributed by atoms with Crippen molar-refractivity contribution in [3.63, 3.8) is 0 Å². The van der Waals surface area contributed by atoms with Gasteiger partial charge in [-0.15, -0.1) is 6.54 Å². The second kappa shape index (κ2) is 4.71. The summed E-state index contributed by atoms with van der Waals surface area (Å²) in [5.41, 5.74) is 0. The van der Waals surface area contributed by atoms with Gasteiger partial charge in [-0.3, -0.25) is 0 Å². The van der Waals surface area contributed by atoms with E-state index in [1.807, 2.05) is 0 Å². The van der Waals surface area contributed by atoms with E-state index in [-0.39, 0.29) is 27.2 Å². The molecule has 2 saturated heterocycles. The molecule has 68 valence electrons. The molecule has 1 N–H and O–H groups in total. The summed E-state index contributed by atoms with van der Waals surface area (Å²) in [5, 5.41) is 6.14. The first-order chi connectivity index (χ1) is 5.38. The van der Waals surface area contributed by atoms with Crippen LogP contribution >= 0.6 is 0 Å². The minimum absolute atomic E-state index is 0. The fraction of sp³-hybridized carbons (Fsp3) is 1.00. The van der Waals surface area contributed by atoms with Gasteiger partial charge in [0.2, 0.25) is 0 Å². The van der Waals surface area contributed by atoms with E-state index in [0.717, 1.165) is 13.1 Å². The van der Waals surface area contributed by atoms with Gasteiger partial charge in [-0.1, -0.05) is 19.0 Å². The van der Waals surface area contributed by atoms with Crippen LogP contribution in [0.2, 0.25) is 0 Å². The molecule has 0 aromatic rings. The molecule has 0 bridgehead atoms. The van der Waals surface area contributed by atoms with Crippen LogP contribution in [0.15, 0.2) is 0 Å². The zero-order chi connectivity index (χ0) is 7.68. The molecular weight excluding hydrogens is 322 g/mol. The number of rotatable bonds is 0. The van der Waals surface area contributed by atoms with E-state index in [1.54, 1.807) is 5.01 Å². The molecule has 2 rings (SSSR count).